The molecule has 2 aliphatic rings. The molecule has 3 heterocycles. The first kappa shape index (κ1) is 26.4. The minimum Gasteiger partial charge on any atom is -0.483 e. The second-order valence-electron chi connectivity index (χ2n) is 9.71. The minimum atomic E-state index is -0.354. The Morgan fingerprint density at radius 1 is 1.05 bits per heavy atom. The second kappa shape index (κ2) is 11.3. The van der Waals surface area contributed by atoms with E-state index in [1.807, 2.05) is 52.7 Å². The fourth-order valence-electron chi connectivity index (χ4n) is 5.12. The molecular weight excluding hydrogens is 593 g/mol. The van der Waals surface area contributed by atoms with Gasteiger partial charge in [-0.1, -0.05) is 52.3 Å². The van der Waals surface area contributed by atoms with E-state index in [0.29, 0.717) is 37.2 Å². The lowest BCUT2D eigenvalue weighted by Gasteiger charge is -2.30. The van der Waals surface area contributed by atoms with Gasteiger partial charge in [0, 0.05) is 35.1 Å². The first-order chi connectivity index (χ1) is 19.5. The van der Waals surface area contributed by atoms with Gasteiger partial charge in [0.2, 0.25) is 0 Å². The summed E-state index contributed by atoms with van der Waals surface area (Å²) >= 11 is 5.01. The van der Waals surface area contributed by atoms with Gasteiger partial charge < -0.3 is 9.64 Å². The first-order valence-corrected chi connectivity index (χ1v) is 14.6. The van der Waals surface area contributed by atoms with Crippen LogP contribution in [0.15, 0.2) is 93.8 Å². The van der Waals surface area contributed by atoms with Crippen molar-refractivity contribution < 1.29 is 18.7 Å². The van der Waals surface area contributed by atoms with Crippen LogP contribution in [0.3, 0.4) is 0 Å². The summed E-state index contributed by atoms with van der Waals surface area (Å²) in [4.78, 5) is 29.6. The van der Waals surface area contributed by atoms with Crippen LogP contribution in [0.2, 0.25) is 0 Å². The molecule has 0 saturated heterocycles. The van der Waals surface area contributed by atoms with Crippen molar-refractivity contribution in [3.8, 4) is 5.75 Å². The van der Waals surface area contributed by atoms with Crippen molar-refractivity contribution in [3.05, 3.63) is 122 Å². The summed E-state index contributed by atoms with van der Waals surface area (Å²) in [7, 11) is 0. The van der Waals surface area contributed by atoms with Crippen molar-refractivity contribution >= 4 is 44.8 Å². The van der Waals surface area contributed by atoms with Crippen LogP contribution in [0.25, 0.3) is 0 Å². The topological polar surface area (TPSA) is 62.2 Å². The molecule has 6 rings (SSSR count). The highest BCUT2D eigenvalue weighted by molar-refractivity contribution is 9.10. The van der Waals surface area contributed by atoms with Crippen LogP contribution in [0, 0.1) is 5.82 Å². The standard InChI is InChI=1S/C31H25BrFN3O3S/c32-22-10-6-20(7-11-22)18-35-15-14-24-25(31(35)38)3-1-4-28(24)39-19-30(37)36-27(21-8-12-23(33)13-9-21)17-26(34-36)29-5-2-16-40-29/h1-13,16,27H,14-15,17-19H2/t27-/m1/s1. The number of amides is 2. The Morgan fingerprint density at radius 2 is 1.85 bits per heavy atom. The molecule has 0 unspecified atom stereocenters. The van der Waals surface area contributed by atoms with Crippen molar-refractivity contribution in [3.63, 3.8) is 0 Å². The minimum absolute atomic E-state index is 0.0537. The maximum Gasteiger partial charge on any atom is 0.281 e. The summed E-state index contributed by atoms with van der Waals surface area (Å²) in [6.07, 6.45) is 1.16. The fourth-order valence-corrected chi connectivity index (χ4v) is 6.11. The molecule has 0 radical (unpaired) electrons. The number of carbonyl (C=O) groups excluding carboxylic acids is 2. The van der Waals surface area contributed by atoms with Crippen molar-refractivity contribution in [2.45, 2.75) is 25.4 Å². The molecule has 0 fully saturated rings. The van der Waals surface area contributed by atoms with Crippen LogP contribution in [-0.4, -0.2) is 40.6 Å². The van der Waals surface area contributed by atoms with Crippen molar-refractivity contribution in [1.82, 2.24) is 9.91 Å². The predicted octanol–water partition coefficient (Wildman–Crippen LogP) is 6.60. The van der Waals surface area contributed by atoms with Gasteiger partial charge in [-0.05, 0) is 65.4 Å². The number of halogens is 2. The van der Waals surface area contributed by atoms with Gasteiger partial charge >= 0.3 is 0 Å². The number of hydrogen-bond donors (Lipinski definition) is 0. The van der Waals surface area contributed by atoms with Gasteiger partial charge in [0.05, 0.1) is 16.6 Å². The molecular formula is C31H25BrFN3O3S. The number of carbonyl (C=O) groups is 2. The zero-order valence-corrected chi connectivity index (χ0v) is 23.8. The third kappa shape index (κ3) is 5.44. The average Bonchev–Trinajstić information content (AvgIpc) is 3.66. The lowest BCUT2D eigenvalue weighted by atomic mass is 9.97. The molecule has 1 atom stereocenters. The third-order valence-electron chi connectivity index (χ3n) is 7.15. The van der Waals surface area contributed by atoms with Crippen molar-refractivity contribution in [1.29, 1.82) is 0 Å². The summed E-state index contributed by atoms with van der Waals surface area (Å²) in [6.45, 7) is 0.856. The monoisotopic (exact) mass is 617 g/mol. The number of benzene rings is 3. The Labute approximate surface area is 243 Å². The normalized spacial score (nSPS) is 16.6. The fraction of sp³-hybridized carbons (Fsp3) is 0.194. The second-order valence-corrected chi connectivity index (χ2v) is 11.6. The highest BCUT2D eigenvalue weighted by atomic mass is 79.9. The van der Waals surface area contributed by atoms with Crippen LogP contribution in [0.5, 0.6) is 5.75 Å². The number of hydrazone groups is 1. The Balaban J connectivity index is 1.18. The van der Waals surface area contributed by atoms with E-state index >= 15 is 0 Å². The third-order valence-corrected chi connectivity index (χ3v) is 8.59. The summed E-state index contributed by atoms with van der Waals surface area (Å²) in [6, 6.07) is 23.1. The molecule has 3 aromatic carbocycles. The molecule has 2 amide bonds. The summed E-state index contributed by atoms with van der Waals surface area (Å²) in [5.74, 6) is -0.164. The molecule has 2 aliphatic heterocycles. The van der Waals surface area contributed by atoms with Gasteiger partial charge in [-0.2, -0.15) is 5.10 Å². The molecule has 0 bridgehead atoms. The quantitative estimate of drug-likeness (QED) is 0.235. The molecule has 0 N–H and O–H groups in total. The average molecular weight is 619 g/mol. The maximum absolute atomic E-state index is 13.6. The van der Waals surface area contributed by atoms with E-state index in [-0.39, 0.29) is 30.3 Å². The molecule has 40 heavy (non-hydrogen) atoms. The highest BCUT2D eigenvalue weighted by Gasteiger charge is 2.34. The van der Waals surface area contributed by atoms with E-state index in [1.165, 1.54) is 17.1 Å². The van der Waals surface area contributed by atoms with E-state index in [4.69, 9.17) is 4.74 Å². The van der Waals surface area contributed by atoms with Crippen LogP contribution >= 0.6 is 27.3 Å². The Kier molecular flexibility index (Phi) is 7.49. The number of ether oxygens (including phenoxy) is 1. The van der Waals surface area contributed by atoms with E-state index in [1.54, 1.807) is 35.6 Å². The van der Waals surface area contributed by atoms with E-state index in [0.717, 1.165) is 31.8 Å². The van der Waals surface area contributed by atoms with Crippen LogP contribution in [0.1, 0.15) is 44.4 Å². The van der Waals surface area contributed by atoms with Crippen molar-refractivity contribution in [2.24, 2.45) is 5.10 Å². The Morgan fingerprint density at radius 3 is 2.60 bits per heavy atom. The molecule has 0 saturated carbocycles. The van der Waals surface area contributed by atoms with Gasteiger partial charge in [-0.15, -0.1) is 11.3 Å². The zero-order valence-electron chi connectivity index (χ0n) is 21.4. The number of thiophene rings is 1. The summed E-state index contributed by atoms with van der Waals surface area (Å²) < 4.78 is 20.6. The molecule has 0 aliphatic carbocycles. The predicted molar refractivity (Wildman–Crippen MR) is 156 cm³/mol. The van der Waals surface area contributed by atoms with Crippen LogP contribution in [0.4, 0.5) is 4.39 Å². The molecule has 6 nitrogen and oxygen atoms in total. The maximum atomic E-state index is 13.6. The van der Waals surface area contributed by atoms with Gasteiger partial charge in [-0.3, -0.25) is 9.59 Å². The van der Waals surface area contributed by atoms with E-state index in [9.17, 15) is 14.0 Å². The zero-order chi connectivity index (χ0) is 27.6. The molecule has 1 aromatic heterocycles. The van der Waals surface area contributed by atoms with Gasteiger partial charge in [0.15, 0.2) is 6.61 Å². The Bertz CT molecular complexity index is 1570. The number of fused-ring (bicyclic) bond motifs is 1. The van der Waals surface area contributed by atoms with Gasteiger partial charge in [0.1, 0.15) is 11.6 Å². The molecule has 4 aromatic rings. The molecule has 202 valence electrons. The number of hydrogen-bond acceptors (Lipinski definition) is 5. The van der Waals surface area contributed by atoms with Gasteiger partial charge in [-0.25, -0.2) is 9.40 Å². The van der Waals surface area contributed by atoms with E-state index in [2.05, 4.69) is 21.0 Å². The summed E-state index contributed by atoms with van der Waals surface area (Å²) in [5.41, 5.74) is 4.08. The largest absolute Gasteiger partial charge is 0.483 e. The van der Waals surface area contributed by atoms with E-state index < -0.39 is 0 Å². The highest BCUT2D eigenvalue weighted by Crippen LogP contribution is 2.34. The van der Waals surface area contributed by atoms with Crippen LogP contribution in [-0.2, 0) is 17.8 Å². The molecule has 0 spiro atoms. The van der Waals surface area contributed by atoms with Gasteiger partial charge in [0.25, 0.3) is 11.8 Å². The number of nitrogens with zero attached hydrogens (tertiary/aromatic N) is 3. The first-order valence-electron chi connectivity index (χ1n) is 12.9. The molecule has 9 heteroatoms. The smallest absolute Gasteiger partial charge is 0.281 e. The lowest BCUT2D eigenvalue weighted by molar-refractivity contribution is -0.135. The van der Waals surface area contributed by atoms with Crippen molar-refractivity contribution in [2.75, 3.05) is 13.2 Å². The van der Waals surface area contributed by atoms with Crippen LogP contribution < -0.4 is 4.74 Å². The number of rotatable bonds is 7. The lowest BCUT2D eigenvalue weighted by Crippen LogP contribution is -2.37. The summed E-state index contributed by atoms with van der Waals surface area (Å²) in [5, 5.41) is 8.07. The SMILES string of the molecule is O=C1c2cccc(OCC(=O)N3N=C(c4cccs4)C[C@@H]3c3ccc(F)cc3)c2CCN1Cc1ccc(Br)cc1. The Hall–Kier alpha value is -3.82.